The van der Waals surface area contributed by atoms with Gasteiger partial charge in [0.05, 0.1) is 19.6 Å². The van der Waals surface area contributed by atoms with E-state index in [1.165, 1.54) is 97.1 Å². The SMILES string of the molecule is C=C/C(=C(\C(=C(/C=C)c1ccc(S(=O)(=O)O)cc1)c1ccc(C(=C(/C=C)c2ccc(S(=O)(=O)O)cc2)/C(=C(\C=C)c2ccc(S(=O)(=O)O)cc2)c2ccccc2)cc1)c1ccccc1)c1ccc(S(=O)(=O)O)cc1. The molecule has 7 aromatic carbocycles. The Bertz CT molecular complexity index is 3650. The highest BCUT2D eigenvalue weighted by atomic mass is 32.2. The minimum Gasteiger partial charge on any atom is -0.282 e. The highest BCUT2D eigenvalue weighted by Crippen LogP contribution is 2.46. The second-order valence-electron chi connectivity index (χ2n) is 16.3. The Hall–Kier alpha value is -7.90. The van der Waals surface area contributed by atoms with Crippen molar-refractivity contribution in [2.75, 3.05) is 0 Å². The van der Waals surface area contributed by atoms with Crippen molar-refractivity contribution in [1.29, 1.82) is 0 Å². The third kappa shape index (κ3) is 12.0. The third-order valence-electron chi connectivity index (χ3n) is 11.8. The first-order valence-corrected chi connectivity index (χ1v) is 27.9. The normalized spacial score (nSPS) is 13.6. The molecule has 0 saturated carbocycles. The lowest BCUT2D eigenvalue weighted by Crippen LogP contribution is -2.03. The van der Waals surface area contributed by atoms with E-state index in [1.54, 1.807) is 24.3 Å². The summed E-state index contributed by atoms with van der Waals surface area (Å²) in [6, 6.07) is 48.0. The molecule has 7 aromatic rings. The minimum absolute atomic E-state index is 0.334. The first-order valence-electron chi connectivity index (χ1n) is 22.1. The molecule has 0 aromatic heterocycles. The monoisotopic (exact) mass is 1060 g/mol. The van der Waals surface area contributed by atoms with E-state index in [9.17, 15) is 51.9 Å². The molecule has 0 aliphatic carbocycles. The average molecular weight is 1060 g/mol. The van der Waals surface area contributed by atoms with Crippen molar-refractivity contribution >= 4 is 85.1 Å². The van der Waals surface area contributed by atoms with Crippen LogP contribution in [0.3, 0.4) is 0 Å². The van der Waals surface area contributed by atoms with Crippen LogP contribution in [0.5, 0.6) is 0 Å². The Balaban J connectivity index is 1.62. The van der Waals surface area contributed by atoms with Crippen molar-refractivity contribution < 1.29 is 51.9 Å². The van der Waals surface area contributed by atoms with Crippen LogP contribution >= 0.6 is 0 Å². The van der Waals surface area contributed by atoms with Crippen LogP contribution in [-0.2, 0) is 40.5 Å². The summed E-state index contributed by atoms with van der Waals surface area (Å²) in [4.78, 5) is -1.36. The van der Waals surface area contributed by atoms with Crippen LogP contribution in [0.15, 0.2) is 252 Å². The van der Waals surface area contributed by atoms with Gasteiger partial charge in [-0.2, -0.15) is 33.7 Å². The Morgan fingerprint density at radius 3 is 0.581 bits per heavy atom. The van der Waals surface area contributed by atoms with Gasteiger partial charge in [0.15, 0.2) is 0 Å². The Morgan fingerprint density at radius 2 is 0.419 bits per heavy atom. The fourth-order valence-corrected chi connectivity index (χ4v) is 10.4. The smallest absolute Gasteiger partial charge is 0.282 e. The highest BCUT2D eigenvalue weighted by Gasteiger charge is 2.25. The molecule has 374 valence electrons. The summed E-state index contributed by atoms with van der Waals surface area (Å²) in [5.74, 6) is 0. The fraction of sp³-hybridized carbons (Fsp3) is 0. The molecule has 0 amide bonds. The molecule has 0 bridgehead atoms. The minimum atomic E-state index is -4.58. The average Bonchev–Trinajstić information content (AvgIpc) is 3.38. The predicted molar refractivity (Wildman–Crippen MR) is 292 cm³/mol. The van der Waals surface area contributed by atoms with Crippen molar-refractivity contribution in [1.82, 2.24) is 0 Å². The van der Waals surface area contributed by atoms with Gasteiger partial charge < -0.3 is 0 Å². The largest absolute Gasteiger partial charge is 0.294 e. The van der Waals surface area contributed by atoms with Gasteiger partial charge in [0.1, 0.15) is 0 Å². The molecule has 74 heavy (non-hydrogen) atoms. The summed E-state index contributed by atoms with van der Waals surface area (Å²) in [5, 5.41) is 0. The molecular weight excluding hydrogens is 1020 g/mol. The van der Waals surface area contributed by atoms with E-state index in [0.717, 1.165) is 0 Å². The van der Waals surface area contributed by atoms with Gasteiger partial charge in [-0.25, -0.2) is 0 Å². The van der Waals surface area contributed by atoms with Crippen LogP contribution in [0.2, 0.25) is 0 Å². The quantitative estimate of drug-likeness (QED) is 0.0358. The molecule has 16 heteroatoms. The van der Waals surface area contributed by atoms with Crippen molar-refractivity contribution in [2.24, 2.45) is 0 Å². The molecule has 0 radical (unpaired) electrons. The molecule has 7 rings (SSSR count). The van der Waals surface area contributed by atoms with Crippen molar-refractivity contribution in [2.45, 2.75) is 19.6 Å². The van der Waals surface area contributed by atoms with E-state index in [4.69, 9.17) is 0 Å². The lowest BCUT2D eigenvalue weighted by molar-refractivity contribution is 0.481. The van der Waals surface area contributed by atoms with Crippen LogP contribution in [0.4, 0.5) is 0 Å². The molecule has 12 nitrogen and oxygen atoms in total. The van der Waals surface area contributed by atoms with E-state index >= 15 is 0 Å². The van der Waals surface area contributed by atoms with Crippen molar-refractivity contribution in [3.63, 3.8) is 0 Å². The third-order valence-corrected chi connectivity index (χ3v) is 15.3. The van der Waals surface area contributed by atoms with Crippen molar-refractivity contribution in [3.8, 4) is 0 Å². The molecule has 0 aliphatic rings. The maximum atomic E-state index is 12.2. The second kappa shape index (κ2) is 22.1. The standard InChI is InChI=1S/C58H46O12S4/c1-5-51(39-23-31-47(32-24-39)71(59,60)61)55(43-15-11-9-12-16-43)57(53(7-3)41-27-35-49(36-28-41)73(65,66)67)45-19-21-46(22-20-45)58(54(8-4)42-29-37-50(38-30-42)74(68,69)70)56(44-17-13-10-14-18-44)52(6-2)40-25-33-48(34-26-40)72(62,63)64/h5-38H,1-4H2,(H,59,60,61)(H,62,63,64)(H,65,66,67)(H,68,69,70)/b55-51+,56-52+,57-53+,58-54+. The van der Waals surface area contributed by atoms with E-state index in [-0.39, 0.29) is 19.6 Å². The zero-order valence-corrected chi connectivity index (χ0v) is 42.4. The van der Waals surface area contributed by atoms with Gasteiger partial charge >= 0.3 is 0 Å². The summed E-state index contributed by atoms with van der Waals surface area (Å²) < 4.78 is 137. The molecule has 0 saturated heterocycles. The summed E-state index contributed by atoms with van der Waals surface area (Å²) in [5.41, 5.74) is 8.66. The van der Waals surface area contributed by atoms with Crippen molar-refractivity contribution in [3.05, 3.63) is 277 Å². The highest BCUT2D eigenvalue weighted by molar-refractivity contribution is 7.86. The Morgan fingerprint density at radius 1 is 0.257 bits per heavy atom. The van der Waals surface area contributed by atoms with E-state index in [2.05, 4.69) is 26.3 Å². The van der Waals surface area contributed by atoms with E-state index < -0.39 is 40.5 Å². The number of hydrogen-bond acceptors (Lipinski definition) is 8. The van der Waals surface area contributed by atoms with E-state index in [1.807, 2.05) is 84.9 Å². The number of hydrogen-bond donors (Lipinski definition) is 4. The van der Waals surface area contributed by atoms with Crippen LogP contribution in [-0.4, -0.2) is 51.9 Å². The van der Waals surface area contributed by atoms with Gasteiger partial charge in [-0.05, 0) is 138 Å². The number of allylic oxidation sites excluding steroid dienone is 12. The van der Waals surface area contributed by atoms with Crippen LogP contribution in [0.1, 0.15) is 44.5 Å². The maximum Gasteiger partial charge on any atom is 0.294 e. The summed E-state index contributed by atoms with van der Waals surface area (Å²) >= 11 is 0. The first kappa shape index (κ1) is 53.9. The Labute approximate surface area is 431 Å². The van der Waals surface area contributed by atoms with Gasteiger partial charge in [-0.1, -0.05) is 184 Å². The zero-order chi connectivity index (χ0) is 53.6. The molecule has 0 spiro atoms. The van der Waals surface area contributed by atoms with Gasteiger partial charge in [0, 0.05) is 0 Å². The molecular formula is C58H46O12S4. The van der Waals surface area contributed by atoms with Crippen LogP contribution in [0, 0.1) is 0 Å². The van der Waals surface area contributed by atoms with Crippen LogP contribution < -0.4 is 0 Å². The lowest BCUT2D eigenvalue weighted by Gasteiger charge is -2.24. The second-order valence-corrected chi connectivity index (χ2v) is 22.0. The molecule has 0 fully saturated rings. The summed E-state index contributed by atoms with van der Waals surface area (Å²) in [6.45, 7) is 16.7. The number of rotatable bonds is 18. The molecule has 0 heterocycles. The maximum absolute atomic E-state index is 12.2. The predicted octanol–water partition coefficient (Wildman–Crippen LogP) is 12.5. The summed E-state index contributed by atoms with van der Waals surface area (Å²) in [6.07, 6.45) is 6.38. The topological polar surface area (TPSA) is 217 Å². The number of benzene rings is 7. The van der Waals surface area contributed by atoms with Crippen LogP contribution in [0.25, 0.3) is 44.6 Å². The molecule has 0 unspecified atom stereocenters. The zero-order valence-electron chi connectivity index (χ0n) is 39.1. The molecule has 4 N–H and O–H groups in total. The first-order chi connectivity index (χ1) is 35.1. The fourth-order valence-electron chi connectivity index (χ4n) is 8.43. The Kier molecular flexibility index (Phi) is 16.1. The van der Waals surface area contributed by atoms with Gasteiger partial charge in [-0.3, -0.25) is 18.2 Å². The lowest BCUT2D eigenvalue weighted by atomic mass is 9.80. The van der Waals surface area contributed by atoms with Gasteiger partial charge in [-0.15, -0.1) is 0 Å². The van der Waals surface area contributed by atoms with Gasteiger partial charge in [0.25, 0.3) is 40.5 Å². The summed E-state index contributed by atoms with van der Waals surface area (Å²) in [7, 11) is -18.3. The molecule has 0 atom stereocenters. The van der Waals surface area contributed by atoms with Gasteiger partial charge in [0.2, 0.25) is 0 Å². The van der Waals surface area contributed by atoms with E-state index in [0.29, 0.717) is 89.1 Å². The molecule has 0 aliphatic heterocycles.